The van der Waals surface area contributed by atoms with Gasteiger partial charge in [-0.15, -0.1) is 0 Å². The quantitative estimate of drug-likeness (QED) is 0.432. The van der Waals surface area contributed by atoms with Crippen LogP contribution in [0, 0.1) is 6.92 Å². The molecule has 34 heavy (non-hydrogen) atoms. The van der Waals surface area contributed by atoms with Gasteiger partial charge in [0, 0.05) is 41.1 Å². The number of para-hydroxylation sites is 1. The molecule has 3 aliphatic rings. The van der Waals surface area contributed by atoms with Crippen molar-refractivity contribution < 1.29 is 14.3 Å². The van der Waals surface area contributed by atoms with Crippen molar-refractivity contribution in [3.05, 3.63) is 48.0 Å². The lowest BCUT2D eigenvalue weighted by Crippen LogP contribution is -2.45. The second kappa shape index (κ2) is 8.01. The number of fused-ring (bicyclic) bond motifs is 4. The van der Waals surface area contributed by atoms with Crippen molar-refractivity contribution in [2.45, 2.75) is 52.2 Å². The highest BCUT2D eigenvalue weighted by molar-refractivity contribution is 6.06. The molecular weight excluding hydrogens is 428 g/mol. The molecule has 0 saturated carbocycles. The summed E-state index contributed by atoms with van der Waals surface area (Å²) in [5.41, 5.74) is 4.36. The predicted octanol–water partition coefficient (Wildman–Crippen LogP) is 5.48. The zero-order valence-corrected chi connectivity index (χ0v) is 20.3. The normalized spacial score (nSPS) is 16.5. The Bertz CT molecular complexity index is 1400. The molecule has 5 rings (SSSR count). The lowest BCUT2D eigenvalue weighted by molar-refractivity contribution is -0.120. The van der Waals surface area contributed by atoms with Crippen LogP contribution in [-0.2, 0) is 16.6 Å². The number of rotatable bonds is 2. The highest BCUT2D eigenvalue weighted by Crippen LogP contribution is 2.39. The minimum atomic E-state index is -0.601. The third-order valence-electron chi connectivity index (χ3n) is 6.53. The van der Waals surface area contributed by atoms with E-state index in [0.29, 0.717) is 18.7 Å². The van der Waals surface area contributed by atoms with Crippen molar-refractivity contribution in [1.82, 2.24) is 14.5 Å². The number of carbonyl (C=O) groups is 2. The fraction of sp³-hybridized carbons (Fsp3) is 0.370. The van der Waals surface area contributed by atoms with Gasteiger partial charge >= 0.3 is 6.09 Å². The summed E-state index contributed by atoms with van der Waals surface area (Å²) in [5, 5.41) is 5.21. The molecule has 0 bridgehead atoms. The fourth-order valence-corrected chi connectivity index (χ4v) is 4.95. The number of amides is 2. The zero-order valence-electron chi connectivity index (χ0n) is 20.3. The van der Waals surface area contributed by atoms with Gasteiger partial charge in [-0.2, -0.15) is 0 Å². The van der Waals surface area contributed by atoms with Crippen LogP contribution in [0.2, 0.25) is 0 Å². The van der Waals surface area contributed by atoms with Crippen LogP contribution in [0.3, 0.4) is 0 Å². The number of anilines is 1. The van der Waals surface area contributed by atoms with Crippen molar-refractivity contribution in [3.63, 3.8) is 0 Å². The lowest BCUT2D eigenvalue weighted by Gasteiger charge is -2.28. The Morgan fingerprint density at radius 2 is 1.88 bits per heavy atom. The van der Waals surface area contributed by atoms with Gasteiger partial charge in [0.05, 0.1) is 5.52 Å². The van der Waals surface area contributed by atoms with E-state index >= 15 is 0 Å². The number of ether oxygens (including phenoxy) is 1. The number of benzene rings is 2. The standard InChI is InChI=1S/C27H30N4O3/c1-16-18-9-6-7-10-21(18)30(5)24-23(16)19-15-17(12-13-20(19)29-24)28-25(32)22-11-8-14-31(22)26(33)34-27(2,3)4/h6-7,9-10,12-13,15,22H,8,11,14H2,1-5H3,(H,28,32)/t22-/m0/s1. The maximum absolute atomic E-state index is 13.1. The largest absolute Gasteiger partial charge is 0.444 e. The summed E-state index contributed by atoms with van der Waals surface area (Å²) in [6.45, 7) is 8.12. The second-order valence-electron chi connectivity index (χ2n) is 10.1. The maximum atomic E-state index is 13.1. The highest BCUT2D eigenvalue weighted by Gasteiger charge is 2.36. The first-order chi connectivity index (χ1) is 16.1. The van der Waals surface area contributed by atoms with Crippen LogP contribution in [0.15, 0.2) is 42.5 Å². The van der Waals surface area contributed by atoms with E-state index in [-0.39, 0.29) is 5.91 Å². The summed E-state index contributed by atoms with van der Waals surface area (Å²) in [6.07, 6.45) is 0.952. The number of likely N-dealkylation sites (tertiary alicyclic amines) is 1. The van der Waals surface area contributed by atoms with E-state index in [1.165, 1.54) is 15.8 Å². The van der Waals surface area contributed by atoms with Crippen LogP contribution in [0.25, 0.3) is 33.2 Å². The summed E-state index contributed by atoms with van der Waals surface area (Å²) in [5.74, 6) is 0.723. The minimum Gasteiger partial charge on any atom is -0.444 e. The molecule has 0 aliphatic carbocycles. The fourth-order valence-electron chi connectivity index (χ4n) is 4.95. The minimum absolute atomic E-state index is 0.195. The third kappa shape index (κ3) is 3.75. The molecular formula is C27H30N4O3. The van der Waals surface area contributed by atoms with E-state index in [1.807, 2.05) is 58.2 Å². The Morgan fingerprint density at radius 3 is 2.65 bits per heavy atom. The first-order valence-corrected chi connectivity index (χ1v) is 11.7. The number of pyridine rings is 1. The van der Waals surface area contributed by atoms with Gasteiger partial charge in [-0.25, -0.2) is 9.78 Å². The predicted molar refractivity (Wildman–Crippen MR) is 134 cm³/mol. The van der Waals surface area contributed by atoms with E-state index in [2.05, 4.69) is 28.9 Å². The molecule has 2 aromatic carbocycles. The van der Waals surface area contributed by atoms with E-state index in [4.69, 9.17) is 9.72 Å². The topological polar surface area (TPSA) is 76.5 Å². The number of aromatic nitrogens is 2. The Hall–Kier alpha value is -3.61. The lowest BCUT2D eigenvalue weighted by atomic mass is 10.00. The zero-order chi connectivity index (χ0) is 24.2. The Balaban J connectivity index is 1.47. The van der Waals surface area contributed by atoms with E-state index in [9.17, 15) is 9.59 Å². The van der Waals surface area contributed by atoms with Gasteiger partial charge in [-0.3, -0.25) is 9.69 Å². The number of nitrogens with one attached hydrogen (secondary N) is 1. The first kappa shape index (κ1) is 22.2. The van der Waals surface area contributed by atoms with Gasteiger partial charge in [-0.05, 0) is 70.4 Å². The Morgan fingerprint density at radius 1 is 1.12 bits per heavy atom. The highest BCUT2D eigenvalue weighted by atomic mass is 16.6. The van der Waals surface area contributed by atoms with Crippen molar-refractivity contribution >= 4 is 39.5 Å². The molecule has 7 nitrogen and oxygen atoms in total. The number of aryl methyl sites for hydroxylation is 2. The molecule has 0 spiro atoms. The maximum Gasteiger partial charge on any atom is 0.410 e. The van der Waals surface area contributed by atoms with Gasteiger partial charge in [0.1, 0.15) is 17.5 Å². The molecule has 176 valence electrons. The van der Waals surface area contributed by atoms with Gasteiger partial charge in [0.25, 0.3) is 0 Å². The molecule has 3 aliphatic heterocycles. The number of hydrogen-bond donors (Lipinski definition) is 1. The molecule has 1 N–H and O–H groups in total. The SMILES string of the molecule is Cc1c2c3cc(NC(=O)[C@@H]4CCCN4C(=O)OC(C)(C)C)ccc3nc-2n(C)c2ccccc12. The second-order valence-corrected chi connectivity index (χ2v) is 10.1. The van der Waals surface area contributed by atoms with Crippen LogP contribution in [0.4, 0.5) is 10.5 Å². The van der Waals surface area contributed by atoms with Crippen molar-refractivity contribution in [1.29, 1.82) is 0 Å². The molecule has 1 atom stereocenters. The number of nitrogens with zero attached hydrogens (tertiary/aromatic N) is 3. The molecule has 0 radical (unpaired) electrons. The third-order valence-corrected chi connectivity index (χ3v) is 6.53. The van der Waals surface area contributed by atoms with Gasteiger partial charge < -0.3 is 14.6 Å². The van der Waals surface area contributed by atoms with Crippen LogP contribution in [0.1, 0.15) is 39.2 Å². The molecule has 7 heteroatoms. The average molecular weight is 459 g/mol. The first-order valence-electron chi connectivity index (χ1n) is 11.7. The molecule has 0 aromatic heterocycles. The molecule has 1 saturated heterocycles. The summed E-state index contributed by atoms with van der Waals surface area (Å²) >= 11 is 0. The molecule has 2 aromatic rings. The molecule has 1 fully saturated rings. The van der Waals surface area contributed by atoms with Gasteiger partial charge in [0.15, 0.2) is 0 Å². The average Bonchev–Trinajstić information content (AvgIpc) is 3.42. The smallest absolute Gasteiger partial charge is 0.410 e. The van der Waals surface area contributed by atoms with E-state index < -0.39 is 17.7 Å². The van der Waals surface area contributed by atoms with Crippen molar-refractivity contribution in [2.75, 3.05) is 11.9 Å². The summed E-state index contributed by atoms with van der Waals surface area (Å²) < 4.78 is 7.62. The number of carbonyl (C=O) groups excluding carboxylic acids is 2. The number of hydrogen-bond acceptors (Lipinski definition) is 4. The summed E-state index contributed by atoms with van der Waals surface area (Å²) in [7, 11) is 2.03. The van der Waals surface area contributed by atoms with Crippen molar-refractivity contribution in [2.24, 2.45) is 7.05 Å². The van der Waals surface area contributed by atoms with Gasteiger partial charge in [-0.1, -0.05) is 18.2 Å². The van der Waals surface area contributed by atoms with E-state index in [1.54, 1.807) is 0 Å². The summed E-state index contributed by atoms with van der Waals surface area (Å²) in [4.78, 5) is 32.2. The summed E-state index contributed by atoms with van der Waals surface area (Å²) in [6, 6.07) is 13.6. The van der Waals surface area contributed by atoms with Crippen LogP contribution in [0.5, 0.6) is 0 Å². The Labute approximate surface area is 199 Å². The van der Waals surface area contributed by atoms with E-state index in [0.717, 1.165) is 34.2 Å². The molecule has 3 heterocycles. The van der Waals surface area contributed by atoms with Crippen LogP contribution < -0.4 is 5.32 Å². The van der Waals surface area contributed by atoms with Crippen LogP contribution in [-0.4, -0.2) is 44.6 Å². The molecule has 0 unspecified atom stereocenters. The van der Waals surface area contributed by atoms with Crippen LogP contribution >= 0.6 is 0 Å². The Kier molecular flexibility index (Phi) is 5.23. The monoisotopic (exact) mass is 458 g/mol. The molecule has 2 amide bonds. The van der Waals surface area contributed by atoms with Gasteiger partial charge in [0.2, 0.25) is 5.91 Å². The van der Waals surface area contributed by atoms with Crippen molar-refractivity contribution in [3.8, 4) is 11.4 Å².